The van der Waals surface area contributed by atoms with E-state index in [1.54, 1.807) is 30.3 Å². The molecule has 7 heteroatoms. The molecule has 0 aliphatic heterocycles. The Hall–Kier alpha value is -2.24. The molecule has 0 unspecified atom stereocenters. The lowest BCUT2D eigenvalue weighted by atomic mass is 10.1. The lowest BCUT2D eigenvalue weighted by Gasteiger charge is -2.12. The van der Waals surface area contributed by atoms with E-state index in [4.69, 9.17) is 27.9 Å². The van der Waals surface area contributed by atoms with Crippen molar-refractivity contribution in [2.45, 2.75) is 6.92 Å². The van der Waals surface area contributed by atoms with Crippen molar-refractivity contribution in [1.29, 1.82) is 0 Å². The highest BCUT2D eigenvalue weighted by Crippen LogP contribution is 2.28. The third-order valence-electron chi connectivity index (χ3n) is 2.94. The third kappa shape index (κ3) is 4.37. The fourth-order valence-corrected chi connectivity index (χ4v) is 2.29. The van der Waals surface area contributed by atoms with Gasteiger partial charge in [-0.1, -0.05) is 23.2 Å². The Bertz CT molecular complexity index is 763. The van der Waals surface area contributed by atoms with Crippen LogP contribution >= 0.6 is 23.2 Å². The summed E-state index contributed by atoms with van der Waals surface area (Å²) >= 11 is 12.0. The standard InChI is InChI=1S/C16H14Cl2N2O3/c1-9(21)19-11-4-5-13(18)14(8-11)20-16(22)12-7-10(17)3-6-15(12)23-2/h3-8H,1-2H3,(H,19,21)(H,20,22). The van der Waals surface area contributed by atoms with Crippen LogP contribution in [-0.4, -0.2) is 18.9 Å². The van der Waals surface area contributed by atoms with E-state index in [0.717, 1.165) is 0 Å². The molecule has 2 aromatic rings. The van der Waals surface area contributed by atoms with Crippen molar-refractivity contribution in [2.24, 2.45) is 0 Å². The summed E-state index contributed by atoms with van der Waals surface area (Å²) < 4.78 is 5.16. The Morgan fingerprint density at radius 3 is 2.43 bits per heavy atom. The summed E-state index contributed by atoms with van der Waals surface area (Å²) in [7, 11) is 1.46. The molecule has 0 spiro atoms. The van der Waals surface area contributed by atoms with E-state index in [-0.39, 0.29) is 11.5 Å². The molecule has 0 aliphatic rings. The number of nitrogens with one attached hydrogen (secondary N) is 2. The van der Waals surface area contributed by atoms with Crippen LogP contribution in [-0.2, 0) is 4.79 Å². The first-order valence-corrected chi connectivity index (χ1v) is 7.38. The zero-order valence-corrected chi connectivity index (χ0v) is 14.0. The fraction of sp³-hybridized carbons (Fsp3) is 0.125. The predicted molar refractivity (Wildman–Crippen MR) is 91.7 cm³/mol. The summed E-state index contributed by atoms with van der Waals surface area (Å²) in [5.41, 5.74) is 1.17. The minimum absolute atomic E-state index is 0.221. The van der Waals surface area contributed by atoms with Gasteiger partial charge >= 0.3 is 0 Å². The van der Waals surface area contributed by atoms with Crippen LogP contribution in [0.25, 0.3) is 0 Å². The maximum Gasteiger partial charge on any atom is 0.259 e. The molecule has 5 nitrogen and oxygen atoms in total. The molecule has 2 aromatic carbocycles. The summed E-state index contributed by atoms with van der Waals surface area (Å²) in [4.78, 5) is 23.5. The average molecular weight is 353 g/mol. The number of hydrogen-bond donors (Lipinski definition) is 2. The summed E-state index contributed by atoms with van der Waals surface area (Å²) in [6.45, 7) is 1.39. The van der Waals surface area contributed by atoms with Crippen molar-refractivity contribution in [2.75, 3.05) is 17.7 Å². The normalized spacial score (nSPS) is 10.1. The molecular weight excluding hydrogens is 339 g/mol. The summed E-state index contributed by atoms with van der Waals surface area (Å²) in [6, 6.07) is 9.52. The molecule has 0 saturated carbocycles. The average Bonchev–Trinajstić information content (AvgIpc) is 2.50. The van der Waals surface area contributed by atoms with Gasteiger partial charge < -0.3 is 15.4 Å². The van der Waals surface area contributed by atoms with Crippen LogP contribution in [0.3, 0.4) is 0 Å². The number of benzene rings is 2. The highest BCUT2D eigenvalue weighted by molar-refractivity contribution is 6.34. The number of carbonyl (C=O) groups is 2. The lowest BCUT2D eigenvalue weighted by molar-refractivity contribution is -0.114. The number of amides is 2. The molecule has 0 aliphatic carbocycles. The zero-order chi connectivity index (χ0) is 17.0. The van der Waals surface area contributed by atoms with Gasteiger partial charge in [0.05, 0.1) is 23.4 Å². The van der Waals surface area contributed by atoms with Crippen LogP contribution in [0.2, 0.25) is 10.0 Å². The van der Waals surface area contributed by atoms with Crippen LogP contribution in [0.4, 0.5) is 11.4 Å². The Kier molecular flexibility index (Phi) is 5.47. The van der Waals surface area contributed by atoms with Crippen molar-refractivity contribution >= 4 is 46.4 Å². The van der Waals surface area contributed by atoms with Crippen molar-refractivity contribution in [3.8, 4) is 5.75 Å². The third-order valence-corrected chi connectivity index (χ3v) is 3.51. The number of rotatable bonds is 4. The van der Waals surface area contributed by atoms with Crippen molar-refractivity contribution in [3.63, 3.8) is 0 Å². The van der Waals surface area contributed by atoms with Gasteiger partial charge in [0.25, 0.3) is 5.91 Å². The van der Waals surface area contributed by atoms with E-state index in [1.807, 2.05) is 0 Å². The maximum absolute atomic E-state index is 12.4. The molecule has 0 atom stereocenters. The molecule has 23 heavy (non-hydrogen) atoms. The van der Waals surface area contributed by atoms with Crippen molar-refractivity contribution < 1.29 is 14.3 Å². The van der Waals surface area contributed by atoms with Crippen molar-refractivity contribution in [1.82, 2.24) is 0 Å². The van der Waals surface area contributed by atoms with Crippen LogP contribution in [0.5, 0.6) is 5.75 Å². The topological polar surface area (TPSA) is 67.4 Å². The molecule has 120 valence electrons. The van der Waals surface area contributed by atoms with E-state index in [0.29, 0.717) is 27.2 Å². The van der Waals surface area contributed by atoms with E-state index in [9.17, 15) is 9.59 Å². The molecule has 0 fully saturated rings. The number of anilines is 2. The first kappa shape index (κ1) is 17.1. The molecule has 0 saturated heterocycles. The van der Waals surface area contributed by atoms with Gasteiger partial charge in [-0.25, -0.2) is 0 Å². The Morgan fingerprint density at radius 1 is 1.04 bits per heavy atom. The number of ether oxygens (including phenoxy) is 1. The van der Waals surface area contributed by atoms with Gasteiger partial charge in [0, 0.05) is 17.6 Å². The smallest absolute Gasteiger partial charge is 0.259 e. The number of methoxy groups -OCH3 is 1. The van der Waals surface area contributed by atoms with E-state index in [1.165, 1.54) is 20.1 Å². The maximum atomic E-state index is 12.4. The van der Waals surface area contributed by atoms with Gasteiger partial charge in [0.2, 0.25) is 5.91 Å². The molecule has 2 rings (SSSR count). The van der Waals surface area contributed by atoms with Crippen LogP contribution in [0.15, 0.2) is 36.4 Å². The van der Waals surface area contributed by atoms with E-state index >= 15 is 0 Å². The Morgan fingerprint density at radius 2 is 1.78 bits per heavy atom. The van der Waals surface area contributed by atoms with Crippen LogP contribution < -0.4 is 15.4 Å². The van der Waals surface area contributed by atoms with Gasteiger partial charge in [0.15, 0.2) is 0 Å². The van der Waals surface area contributed by atoms with Gasteiger partial charge in [-0.05, 0) is 36.4 Å². The lowest BCUT2D eigenvalue weighted by Crippen LogP contribution is -2.14. The second-order valence-electron chi connectivity index (χ2n) is 4.67. The monoisotopic (exact) mass is 352 g/mol. The van der Waals surface area contributed by atoms with Gasteiger partial charge in [-0.2, -0.15) is 0 Å². The second kappa shape index (κ2) is 7.35. The highest BCUT2D eigenvalue weighted by Gasteiger charge is 2.15. The highest BCUT2D eigenvalue weighted by atomic mass is 35.5. The SMILES string of the molecule is COc1ccc(Cl)cc1C(=O)Nc1cc(NC(C)=O)ccc1Cl. The van der Waals surface area contributed by atoms with Gasteiger partial charge in [0.1, 0.15) is 5.75 Å². The summed E-state index contributed by atoms with van der Waals surface area (Å²) in [5, 5.41) is 6.06. The minimum Gasteiger partial charge on any atom is -0.496 e. The molecular formula is C16H14Cl2N2O3. The van der Waals surface area contributed by atoms with Crippen molar-refractivity contribution in [3.05, 3.63) is 52.0 Å². The first-order valence-electron chi connectivity index (χ1n) is 6.62. The van der Waals surface area contributed by atoms with E-state index < -0.39 is 5.91 Å². The Balaban J connectivity index is 2.30. The van der Waals surface area contributed by atoms with Gasteiger partial charge in [-0.3, -0.25) is 9.59 Å². The first-order chi connectivity index (χ1) is 10.9. The minimum atomic E-state index is -0.425. The second-order valence-corrected chi connectivity index (χ2v) is 5.52. The number of carbonyl (C=O) groups excluding carboxylic acids is 2. The van der Waals surface area contributed by atoms with E-state index in [2.05, 4.69) is 10.6 Å². The number of halogens is 2. The summed E-state index contributed by atoms with van der Waals surface area (Å²) in [5.74, 6) is -0.256. The molecule has 0 radical (unpaired) electrons. The predicted octanol–water partition coefficient (Wildman–Crippen LogP) is 4.21. The largest absolute Gasteiger partial charge is 0.496 e. The molecule has 2 N–H and O–H groups in total. The molecule has 2 amide bonds. The Labute approximate surface area is 143 Å². The van der Waals surface area contributed by atoms with Crippen LogP contribution in [0, 0.1) is 0 Å². The molecule has 0 aromatic heterocycles. The fourth-order valence-electron chi connectivity index (χ4n) is 1.95. The van der Waals surface area contributed by atoms with Gasteiger partial charge in [-0.15, -0.1) is 0 Å². The zero-order valence-electron chi connectivity index (χ0n) is 12.4. The number of hydrogen-bond acceptors (Lipinski definition) is 3. The molecule has 0 bridgehead atoms. The summed E-state index contributed by atoms with van der Waals surface area (Å²) in [6.07, 6.45) is 0. The quantitative estimate of drug-likeness (QED) is 0.865. The van der Waals surface area contributed by atoms with Crippen LogP contribution in [0.1, 0.15) is 17.3 Å². The molecule has 0 heterocycles.